The van der Waals surface area contributed by atoms with Gasteiger partial charge in [0.2, 0.25) is 11.7 Å². The summed E-state index contributed by atoms with van der Waals surface area (Å²) in [5, 5.41) is 9.21. The van der Waals surface area contributed by atoms with E-state index in [1.54, 1.807) is 13.8 Å². The number of hydrogen-bond acceptors (Lipinski definition) is 4. The molecule has 2 rings (SSSR count). The number of rotatable bonds is 5. The van der Waals surface area contributed by atoms with E-state index in [-0.39, 0.29) is 17.9 Å². The molecule has 4 N–H and O–H groups in total. The third kappa shape index (κ3) is 3.31. The van der Waals surface area contributed by atoms with E-state index in [1.807, 2.05) is 0 Å². The number of H-pyrrole nitrogens is 1. The van der Waals surface area contributed by atoms with Crippen LogP contribution in [0, 0.1) is 25.5 Å². The minimum atomic E-state index is -1.09. The van der Waals surface area contributed by atoms with E-state index in [4.69, 9.17) is 5.73 Å². The largest absolute Gasteiger partial charge is 0.494 e. The Kier molecular flexibility index (Phi) is 4.95. The van der Waals surface area contributed by atoms with E-state index in [9.17, 15) is 13.6 Å². The highest BCUT2D eigenvalue weighted by Crippen LogP contribution is 2.22. The molecule has 0 saturated carbocycles. The summed E-state index contributed by atoms with van der Waals surface area (Å²) in [7, 11) is 1.24. The molecule has 1 aromatic carbocycles. The van der Waals surface area contributed by atoms with Crippen molar-refractivity contribution in [3.05, 3.63) is 46.3 Å². The molecule has 1 atom stereocenters. The summed E-state index contributed by atoms with van der Waals surface area (Å²) < 4.78 is 32.2. The monoisotopic (exact) mass is 324 g/mol. The first-order valence-corrected chi connectivity index (χ1v) is 6.92. The lowest BCUT2D eigenvalue weighted by Crippen LogP contribution is -2.34. The normalized spacial score (nSPS) is 12.1. The Bertz CT molecular complexity index is 711. The van der Waals surface area contributed by atoms with E-state index < -0.39 is 23.6 Å². The first kappa shape index (κ1) is 16.9. The van der Waals surface area contributed by atoms with E-state index in [1.165, 1.54) is 19.2 Å². The van der Waals surface area contributed by atoms with Crippen LogP contribution in [-0.4, -0.2) is 23.2 Å². The number of amides is 1. The second-order valence-corrected chi connectivity index (χ2v) is 5.10. The highest BCUT2D eigenvalue weighted by atomic mass is 19.2. The van der Waals surface area contributed by atoms with Crippen molar-refractivity contribution in [2.75, 3.05) is 7.11 Å². The zero-order chi connectivity index (χ0) is 17.1. The number of aromatic nitrogens is 2. The predicted octanol–water partition coefficient (Wildman–Crippen LogP) is 1.63. The summed E-state index contributed by atoms with van der Waals surface area (Å²) in [6, 6.07) is 1.70. The van der Waals surface area contributed by atoms with Gasteiger partial charge in [0.05, 0.1) is 12.8 Å². The van der Waals surface area contributed by atoms with Crippen molar-refractivity contribution in [1.29, 1.82) is 0 Å². The Morgan fingerprint density at radius 3 is 2.65 bits per heavy atom. The van der Waals surface area contributed by atoms with Crippen LogP contribution in [-0.2, 0) is 11.3 Å². The fraction of sp³-hybridized carbons (Fsp3) is 0.333. The maximum absolute atomic E-state index is 13.8. The molecule has 124 valence electrons. The Hall–Kier alpha value is -2.48. The van der Waals surface area contributed by atoms with Crippen molar-refractivity contribution in [3.63, 3.8) is 0 Å². The lowest BCUT2D eigenvalue weighted by molar-refractivity contribution is -0.122. The lowest BCUT2D eigenvalue weighted by Gasteiger charge is -2.14. The van der Waals surface area contributed by atoms with Crippen LogP contribution < -0.4 is 15.8 Å². The van der Waals surface area contributed by atoms with Gasteiger partial charge in [-0.05, 0) is 19.9 Å². The molecule has 0 fully saturated rings. The van der Waals surface area contributed by atoms with Crippen LogP contribution in [0.5, 0.6) is 5.75 Å². The van der Waals surface area contributed by atoms with Crippen molar-refractivity contribution in [2.24, 2.45) is 5.73 Å². The smallest absolute Gasteiger partial charge is 0.241 e. The van der Waals surface area contributed by atoms with Crippen LogP contribution >= 0.6 is 0 Å². The second kappa shape index (κ2) is 6.74. The molecule has 0 spiro atoms. The van der Waals surface area contributed by atoms with E-state index in [0.717, 1.165) is 0 Å². The number of hydrogen-bond donors (Lipinski definition) is 3. The molecule has 0 radical (unpaired) electrons. The van der Waals surface area contributed by atoms with Gasteiger partial charge in [-0.25, -0.2) is 4.39 Å². The number of aryl methyl sites for hydroxylation is 2. The molecule has 0 unspecified atom stereocenters. The molecule has 0 aliphatic heterocycles. The standard InChI is InChI=1S/C15H18F2N4O2/c1-7-11(8(2)21-20-7)14(18)15(22)19-6-9-4-5-10(23-3)13(17)12(9)16/h4-5,14H,6,18H2,1-3H3,(H,19,22)(H,20,21)/t14-/m0/s1. The third-order valence-electron chi connectivity index (χ3n) is 3.58. The van der Waals surface area contributed by atoms with Crippen LogP contribution in [0.2, 0.25) is 0 Å². The van der Waals surface area contributed by atoms with Crippen LogP contribution in [0.3, 0.4) is 0 Å². The fourth-order valence-corrected chi connectivity index (χ4v) is 2.31. The molecule has 0 aliphatic rings. The van der Waals surface area contributed by atoms with E-state index >= 15 is 0 Å². The number of halogens is 2. The molecule has 8 heteroatoms. The third-order valence-corrected chi connectivity index (χ3v) is 3.58. The molecular formula is C15H18F2N4O2. The Balaban J connectivity index is 2.09. The Labute approximate surface area is 132 Å². The molecule has 1 amide bonds. The van der Waals surface area contributed by atoms with Gasteiger partial charge >= 0.3 is 0 Å². The fourth-order valence-electron chi connectivity index (χ4n) is 2.31. The molecular weight excluding hydrogens is 306 g/mol. The molecule has 0 bridgehead atoms. The first-order chi connectivity index (χ1) is 10.9. The van der Waals surface area contributed by atoms with Gasteiger partial charge in [0.1, 0.15) is 6.04 Å². The van der Waals surface area contributed by atoms with Crippen molar-refractivity contribution >= 4 is 5.91 Å². The maximum Gasteiger partial charge on any atom is 0.241 e. The van der Waals surface area contributed by atoms with Gasteiger partial charge in [-0.15, -0.1) is 0 Å². The maximum atomic E-state index is 13.8. The molecule has 2 aromatic rings. The Morgan fingerprint density at radius 2 is 2.09 bits per heavy atom. The summed E-state index contributed by atoms with van der Waals surface area (Å²) in [4.78, 5) is 12.1. The summed E-state index contributed by atoms with van der Waals surface area (Å²) in [5.41, 5.74) is 7.80. The van der Waals surface area contributed by atoms with Crippen molar-refractivity contribution < 1.29 is 18.3 Å². The van der Waals surface area contributed by atoms with Gasteiger partial charge in [0, 0.05) is 23.4 Å². The topological polar surface area (TPSA) is 93.0 Å². The van der Waals surface area contributed by atoms with Crippen molar-refractivity contribution in [3.8, 4) is 5.75 Å². The average molecular weight is 324 g/mol. The van der Waals surface area contributed by atoms with Crippen LogP contribution in [0.1, 0.15) is 28.6 Å². The zero-order valence-corrected chi connectivity index (χ0v) is 13.0. The van der Waals surface area contributed by atoms with Gasteiger partial charge in [0.15, 0.2) is 11.6 Å². The van der Waals surface area contributed by atoms with Crippen LogP contribution in [0.15, 0.2) is 12.1 Å². The molecule has 0 aliphatic carbocycles. The number of methoxy groups -OCH3 is 1. The number of nitrogens with two attached hydrogens (primary N) is 1. The van der Waals surface area contributed by atoms with Crippen molar-refractivity contribution in [1.82, 2.24) is 15.5 Å². The SMILES string of the molecule is COc1ccc(CNC(=O)[C@@H](N)c2c(C)n[nH]c2C)c(F)c1F. The highest BCUT2D eigenvalue weighted by Gasteiger charge is 2.22. The van der Waals surface area contributed by atoms with Crippen LogP contribution in [0.4, 0.5) is 8.78 Å². The highest BCUT2D eigenvalue weighted by molar-refractivity contribution is 5.83. The van der Waals surface area contributed by atoms with Gasteiger partial charge in [-0.2, -0.15) is 9.49 Å². The van der Waals surface area contributed by atoms with E-state index in [2.05, 4.69) is 20.3 Å². The average Bonchev–Trinajstić information content (AvgIpc) is 2.86. The second-order valence-electron chi connectivity index (χ2n) is 5.10. The van der Waals surface area contributed by atoms with Gasteiger partial charge < -0.3 is 15.8 Å². The quantitative estimate of drug-likeness (QED) is 0.779. The number of benzene rings is 1. The van der Waals surface area contributed by atoms with Crippen LogP contribution in [0.25, 0.3) is 0 Å². The van der Waals surface area contributed by atoms with E-state index in [0.29, 0.717) is 17.0 Å². The zero-order valence-electron chi connectivity index (χ0n) is 13.0. The number of carbonyl (C=O) groups excluding carboxylic acids is 1. The molecule has 1 aromatic heterocycles. The summed E-state index contributed by atoms with van der Waals surface area (Å²) in [6.07, 6.45) is 0. The number of aromatic amines is 1. The molecule has 6 nitrogen and oxygen atoms in total. The summed E-state index contributed by atoms with van der Waals surface area (Å²) >= 11 is 0. The molecule has 23 heavy (non-hydrogen) atoms. The number of ether oxygens (including phenoxy) is 1. The first-order valence-electron chi connectivity index (χ1n) is 6.92. The number of nitrogens with one attached hydrogen (secondary N) is 2. The lowest BCUT2D eigenvalue weighted by atomic mass is 10.0. The van der Waals surface area contributed by atoms with Gasteiger partial charge in [-0.3, -0.25) is 9.89 Å². The Morgan fingerprint density at radius 1 is 1.39 bits per heavy atom. The van der Waals surface area contributed by atoms with Gasteiger partial charge in [-0.1, -0.05) is 6.07 Å². The van der Waals surface area contributed by atoms with Crippen molar-refractivity contribution in [2.45, 2.75) is 26.4 Å². The summed E-state index contributed by atoms with van der Waals surface area (Å²) in [5.74, 6) is -2.86. The molecule has 0 saturated heterocycles. The van der Waals surface area contributed by atoms with Gasteiger partial charge in [0.25, 0.3) is 0 Å². The minimum Gasteiger partial charge on any atom is -0.494 e. The number of nitrogens with zero attached hydrogens (tertiary/aromatic N) is 1. The minimum absolute atomic E-state index is 0.00416. The summed E-state index contributed by atoms with van der Waals surface area (Å²) in [6.45, 7) is 3.29. The number of carbonyl (C=O) groups is 1. The molecule has 1 heterocycles. The predicted molar refractivity (Wildman–Crippen MR) is 79.7 cm³/mol.